The van der Waals surface area contributed by atoms with Gasteiger partial charge in [-0.05, 0) is 42.3 Å². The van der Waals surface area contributed by atoms with Crippen molar-refractivity contribution in [3.63, 3.8) is 0 Å². The minimum Gasteiger partial charge on any atom is -0.393 e. The number of anilines is 1. The number of benzene rings is 2. The molecule has 2 aromatic rings. The van der Waals surface area contributed by atoms with Crippen molar-refractivity contribution in [2.45, 2.75) is 17.4 Å². The maximum atomic E-state index is 13.5. The first-order valence-corrected chi connectivity index (χ1v) is 8.21. The second-order valence-electron chi connectivity index (χ2n) is 5.38. The van der Waals surface area contributed by atoms with Crippen LogP contribution < -0.4 is 11.1 Å². The highest BCUT2D eigenvalue weighted by Crippen LogP contribution is 2.36. The van der Waals surface area contributed by atoms with Crippen LogP contribution in [0.15, 0.2) is 41.3 Å². The highest BCUT2D eigenvalue weighted by Gasteiger charge is 2.24. The van der Waals surface area contributed by atoms with E-state index >= 15 is 0 Å². The highest BCUT2D eigenvalue weighted by molar-refractivity contribution is 7.99. The Labute approximate surface area is 141 Å². The van der Waals surface area contributed by atoms with Crippen molar-refractivity contribution in [3.8, 4) is 0 Å². The standard InChI is InChI=1S/C16H14FN3O3S/c17-10-2-4-15-11(8-10)13(5-6-24-15)19-16(21)9-1-3-12(18)14(7-9)20(22)23/h1-4,7-8,13H,5-6,18H2,(H,19,21). The molecule has 6 nitrogen and oxygen atoms in total. The third-order valence-corrected chi connectivity index (χ3v) is 4.93. The molecule has 0 radical (unpaired) electrons. The molecule has 1 atom stereocenters. The molecule has 1 aliphatic heterocycles. The maximum Gasteiger partial charge on any atom is 0.292 e. The van der Waals surface area contributed by atoms with E-state index in [0.717, 1.165) is 22.3 Å². The number of carbonyl (C=O) groups is 1. The van der Waals surface area contributed by atoms with Crippen molar-refractivity contribution in [1.82, 2.24) is 5.32 Å². The summed E-state index contributed by atoms with van der Waals surface area (Å²) in [4.78, 5) is 23.7. The summed E-state index contributed by atoms with van der Waals surface area (Å²) in [6.07, 6.45) is 0.657. The van der Waals surface area contributed by atoms with Crippen LogP contribution in [0.25, 0.3) is 0 Å². The second kappa shape index (κ2) is 6.48. The lowest BCUT2D eigenvalue weighted by molar-refractivity contribution is -0.383. The van der Waals surface area contributed by atoms with E-state index in [4.69, 9.17) is 5.73 Å². The molecule has 1 amide bonds. The third-order valence-electron chi connectivity index (χ3n) is 3.81. The molecule has 0 saturated carbocycles. The van der Waals surface area contributed by atoms with Gasteiger partial charge in [0.15, 0.2) is 0 Å². The number of hydrogen-bond acceptors (Lipinski definition) is 5. The molecule has 1 unspecified atom stereocenters. The summed E-state index contributed by atoms with van der Waals surface area (Å²) in [5, 5.41) is 13.8. The quantitative estimate of drug-likeness (QED) is 0.504. The Balaban J connectivity index is 1.85. The Morgan fingerprint density at radius 1 is 1.33 bits per heavy atom. The topological polar surface area (TPSA) is 98.3 Å². The number of nitro benzene ring substituents is 1. The number of nitro groups is 1. The Morgan fingerprint density at radius 2 is 2.12 bits per heavy atom. The van der Waals surface area contributed by atoms with E-state index in [1.807, 2.05) is 0 Å². The van der Waals surface area contributed by atoms with Crippen molar-refractivity contribution in [3.05, 3.63) is 63.5 Å². The Morgan fingerprint density at radius 3 is 2.88 bits per heavy atom. The van der Waals surface area contributed by atoms with Crippen molar-refractivity contribution < 1.29 is 14.1 Å². The number of nitrogen functional groups attached to an aromatic ring is 1. The number of hydrogen-bond donors (Lipinski definition) is 2. The molecular formula is C16H14FN3O3S. The summed E-state index contributed by atoms with van der Waals surface area (Å²) in [5.74, 6) is -0.0188. The zero-order chi connectivity index (χ0) is 17.3. The van der Waals surface area contributed by atoms with Crippen LogP contribution in [-0.4, -0.2) is 16.6 Å². The van der Waals surface area contributed by atoms with Gasteiger partial charge in [0.1, 0.15) is 11.5 Å². The fourth-order valence-electron chi connectivity index (χ4n) is 2.60. The summed E-state index contributed by atoms with van der Waals surface area (Å²) in [6.45, 7) is 0. The molecule has 8 heteroatoms. The van der Waals surface area contributed by atoms with Crippen LogP contribution in [0.1, 0.15) is 28.4 Å². The van der Waals surface area contributed by atoms with Crippen LogP contribution in [0.2, 0.25) is 0 Å². The van der Waals surface area contributed by atoms with Gasteiger partial charge in [0, 0.05) is 22.3 Å². The van der Waals surface area contributed by atoms with Crippen molar-refractivity contribution in [1.29, 1.82) is 0 Å². The van der Waals surface area contributed by atoms with Crippen LogP contribution in [0.5, 0.6) is 0 Å². The lowest BCUT2D eigenvalue weighted by Crippen LogP contribution is -2.30. The smallest absolute Gasteiger partial charge is 0.292 e. The van der Waals surface area contributed by atoms with Crippen LogP contribution >= 0.6 is 11.8 Å². The van der Waals surface area contributed by atoms with E-state index in [1.54, 1.807) is 17.8 Å². The molecule has 1 heterocycles. The second-order valence-corrected chi connectivity index (χ2v) is 6.51. The number of nitrogens with zero attached hydrogens (tertiary/aromatic N) is 1. The van der Waals surface area contributed by atoms with E-state index in [2.05, 4.69) is 5.32 Å². The first-order chi connectivity index (χ1) is 11.5. The zero-order valence-electron chi connectivity index (χ0n) is 12.5. The van der Waals surface area contributed by atoms with Gasteiger partial charge in [-0.25, -0.2) is 4.39 Å². The molecule has 0 saturated heterocycles. The molecule has 0 fully saturated rings. The fraction of sp³-hybridized carbons (Fsp3) is 0.188. The van der Waals surface area contributed by atoms with Crippen LogP contribution in [0.3, 0.4) is 0 Å². The SMILES string of the molecule is Nc1ccc(C(=O)NC2CCSc3ccc(F)cc32)cc1[N+](=O)[O-]. The molecule has 0 bridgehead atoms. The van der Waals surface area contributed by atoms with Gasteiger partial charge in [-0.2, -0.15) is 0 Å². The summed E-state index contributed by atoms with van der Waals surface area (Å²) in [7, 11) is 0. The molecule has 0 aromatic heterocycles. The number of fused-ring (bicyclic) bond motifs is 1. The van der Waals surface area contributed by atoms with E-state index < -0.39 is 10.8 Å². The average molecular weight is 347 g/mol. The molecule has 24 heavy (non-hydrogen) atoms. The van der Waals surface area contributed by atoms with Gasteiger partial charge in [-0.3, -0.25) is 14.9 Å². The lowest BCUT2D eigenvalue weighted by Gasteiger charge is -2.26. The molecular weight excluding hydrogens is 333 g/mol. The predicted molar refractivity (Wildman–Crippen MR) is 89.5 cm³/mol. The third kappa shape index (κ3) is 3.18. The van der Waals surface area contributed by atoms with E-state index in [9.17, 15) is 19.3 Å². The summed E-state index contributed by atoms with van der Waals surface area (Å²) in [6, 6.07) is 8.08. The van der Waals surface area contributed by atoms with Gasteiger partial charge in [0.25, 0.3) is 11.6 Å². The summed E-state index contributed by atoms with van der Waals surface area (Å²) >= 11 is 1.61. The highest BCUT2D eigenvalue weighted by atomic mass is 32.2. The maximum absolute atomic E-state index is 13.5. The predicted octanol–water partition coefficient (Wildman–Crippen LogP) is 3.28. The molecule has 2 aromatic carbocycles. The van der Waals surface area contributed by atoms with Gasteiger partial charge in [-0.15, -0.1) is 11.8 Å². The zero-order valence-corrected chi connectivity index (χ0v) is 13.3. The minimum atomic E-state index is -0.631. The molecule has 1 aliphatic rings. The van der Waals surface area contributed by atoms with Gasteiger partial charge >= 0.3 is 0 Å². The average Bonchev–Trinajstić information content (AvgIpc) is 2.55. The van der Waals surface area contributed by atoms with Gasteiger partial charge < -0.3 is 11.1 Å². The molecule has 3 rings (SSSR count). The minimum absolute atomic E-state index is 0.00182. The van der Waals surface area contributed by atoms with Gasteiger partial charge in [0.05, 0.1) is 11.0 Å². The lowest BCUT2D eigenvalue weighted by atomic mass is 10.0. The van der Waals surface area contributed by atoms with Crippen LogP contribution in [0.4, 0.5) is 15.8 Å². The molecule has 0 spiro atoms. The molecule has 124 valence electrons. The Hall–Kier alpha value is -2.61. The van der Waals surface area contributed by atoms with E-state index in [1.165, 1.54) is 24.3 Å². The first-order valence-electron chi connectivity index (χ1n) is 7.23. The van der Waals surface area contributed by atoms with Gasteiger partial charge in [-0.1, -0.05) is 0 Å². The summed E-state index contributed by atoms with van der Waals surface area (Å²) in [5.41, 5.74) is 6.10. The first kappa shape index (κ1) is 16.3. The van der Waals surface area contributed by atoms with E-state index in [0.29, 0.717) is 6.42 Å². The molecule has 3 N–H and O–H groups in total. The Bertz CT molecular complexity index is 828. The number of thioether (sulfide) groups is 1. The number of halogens is 1. The van der Waals surface area contributed by atoms with Crippen molar-refractivity contribution in [2.24, 2.45) is 0 Å². The number of rotatable bonds is 3. The largest absolute Gasteiger partial charge is 0.393 e. The summed E-state index contributed by atoms with van der Waals surface area (Å²) < 4.78 is 13.5. The fourth-order valence-corrected chi connectivity index (χ4v) is 3.71. The van der Waals surface area contributed by atoms with E-state index in [-0.39, 0.29) is 28.8 Å². The van der Waals surface area contributed by atoms with Crippen molar-refractivity contribution >= 4 is 29.0 Å². The number of carbonyl (C=O) groups excluding carboxylic acids is 1. The van der Waals surface area contributed by atoms with Crippen LogP contribution in [0, 0.1) is 15.9 Å². The van der Waals surface area contributed by atoms with Gasteiger partial charge in [0.2, 0.25) is 0 Å². The molecule has 0 aliphatic carbocycles. The van der Waals surface area contributed by atoms with Crippen molar-refractivity contribution in [2.75, 3.05) is 11.5 Å². The normalized spacial score (nSPS) is 16.3. The number of nitrogens with one attached hydrogen (secondary N) is 1. The van der Waals surface area contributed by atoms with Crippen LogP contribution in [-0.2, 0) is 0 Å². The Kier molecular flexibility index (Phi) is 4.39. The number of nitrogens with two attached hydrogens (primary N) is 1. The monoisotopic (exact) mass is 347 g/mol. The number of amides is 1.